The third-order valence-corrected chi connectivity index (χ3v) is 6.90. The number of nitrogens with zero attached hydrogens (tertiary/aromatic N) is 1. The number of aromatic amines is 1. The Bertz CT molecular complexity index is 1440. The van der Waals surface area contributed by atoms with E-state index in [4.69, 9.17) is 4.74 Å². The van der Waals surface area contributed by atoms with Crippen molar-refractivity contribution in [2.24, 2.45) is 0 Å². The Balaban J connectivity index is 1.55. The summed E-state index contributed by atoms with van der Waals surface area (Å²) in [6.45, 7) is 0.307. The van der Waals surface area contributed by atoms with Gasteiger partial charge >= 0.3 is 0 Å². The van der Waals surface area contributed by atoms with Gasteiger partial charge in [0.2, 0.25) is 0 Å². The van der Waals surface area contributed by atoms with Crippen LogP contribution in [0.5, 0.6) is 5.75 Å². The quantitative estimate of drug-likeness (QED) is 0.193. The molecule has 2 heterocycles. The standard InChI is InChI=1S/C28H23BrN2O4/c1-35-21-11-12-23-22(15-21)19(16-30-23)13-14-31-25(17-7-9-20(29)10-8-17)24(27(33)28(31)34)26(32)18-5-3-2-4-6-18/h2-12,15-16,25,30,32H,13-14H2,1H3/t25-/m0/s1. The van der Waals surface area contributed by atoms with Crippen molar-refractivity contribution in [2.75, 3.05) is 13.7 Å². The highest BCUT2D eigenvalue weighted by Gasteiger charge is 2.45. The fourth-order valence-corrected chi connectivity index (χ4v) is 4.85. The van der Waals surface area contributed by atoms with Crippen molar-refractivity contribution in [3.63, 3.8) is 0 Å². The van der Waals surface area contributed by atoms with Crippen molar-refractivity contribution in [1.29, 1.82) is 0 Å². The number of benzene rings is 3. The molecular formula is C28H23BrN2O4. The van der Waals surface area contributed by atoms with E-state index in [9.17, 15) is 14.7 Å². The Morgan fingerprint density at radius 3 is 2.51 bits per heavy atom. The minimum atomic E-state index is -0.692. The van der Waals surface area contributed by atoms with E-state index < -0.39 is 17.7 Å². The number of ether oxygens (including phenoxy) is 1. The van der Waals surface area contributed by atoms with E-state index in [-0.39, 0.29) is 11.3 Å². The monoisotopic (exact) mass is 530 g/mol. The number of amides is 1. The molecule has 5 rings (SSSR count). The van der Waals surface area contributed by atoms with Crippen LogP contribution >= 0.6 is 15.9 Å². The smallest absolute Gasteiger partial charge is 0.295 e. The van der Waals surface area contributed by atoms with Crippen LogP contribution in [0.2, 0.25) is 0 Å². The number of carbonyl (C=O) groups excluding carboxylic acids is 2. The summed E-state index contributed by atoms with van der Waals surface area (Å²) in [4.78, 5) is 31.2. The van der Waals surface area contributed by atoms with Gasteiger partial charge in [-0.2, -0.15) is 0 Å². The van der Waals surface area contributed by atoms with Crippen LogP contribution in [-0.4, -0.2) is 40.3 Å². The maximum atomic E-state index is 13.2. The molecule has 3 aromatic carbocycles. The van der Waals surface area contributed by atoms with Crippen LogP contribution < -0.4 is 4.74 Å². The van der Waals surface area contributed by atoms with Gasteiger partial charge in [0, 0.05) is 33.7 Å². The van der Waals surface area contributed by atoms with E-state index >= 15 is 0 Å². The molecule has 7 heteroatoms. The van der Waals surface area contributed by atoms with E-state index in [1.807, 2.05) is 54.7 Å². The van der Waals surface area contributed by atoms with Gasteiger partial charge in [0.1, 0.15) is 11.5 Å². The molecule has 0 bridgehead atoms. The maximum Gasteiger partial charge on any atom is 0.295 e. The molecule has 4 aromatic rings. The van der Waals surface area contributed by atoms with Gasteiger partial charge < -0.3 is 19.7 Å². The highest BCUT2D eigenvalue weighted by Crippen LogP contribution is 2.40. The molecule has 0 saturated carbocycles. The number of methoxy groups -OCH3 is 1. The Morgan fingerprint density at radius 2 is 1.80 bits per heavy atom. The number of nitrogens with one attached hydrogen (secondary N) is 1. The second-order valence-corrected chi connectivity index (χ2v) is 9.30. The molecule has 1 saturated heterocycles. The van der Waals surface area contributed by atoms with Gasteiger partial charge in [-0.05, 0) is 47.9 Å². The van der Waals surface area contributed by atoms with Gasteiger partial charge in [-0.15, -0.1) is 0 Å². The molecule has 2 N–H and O–H groups in total. The van der Waals surface area contributed by atoms with E-state index in [0.29, 0.717) is 18.5 Å². The van der Waals surface area contributed by atoms with Crippen molar-refractivity contribution in [1.82, 2.24) is 9.88 Å². The summed E-state index contributed by atoms with van der Waals surface area (Å²) in [6, 6.07) is 21.4. The summed E-state index contributed by atoms with van der Waals surface area (Å²) in [6.07, 6.45) is 2.44. The third-order valence-electron chi connectivity index (χ3n) is 6.37. The number of aliphatic hydroxyl groups excluding tert-OH is 1. The van der Waals surface area contributed by atoms with Crippen molar-refractivity contribution >= 4 is 44.3 Å². The lowest BCUT2D eigenvalue weighted by Crippen LogP contribution is -2.31. The number of H-pyrrole nitrogens is 1. The number of fused-ring (bicyclic) bond motifs is 1. The van der Waals surface area contributed by atoms with E-state index in [1.54, 1.807) is 36.3 Å². The number of hydrogen-bond donors (Lipinski definition) is 2. The largest absolute Gasteiger partial charge is 0.507 e. The maximum absolute atomic E-state index is 13.2. The summed E-state index contributed by atoms with van der Waals surface area (Å²) in [7, 11) is 1.62. The summed E-state index contributed by atoms with van der Waals surface area (Å²) >= 11 is 3.44. The highest BCUT2D eigenvalue weighted by molar-refractivity contribution is 9.10. The van der Waals surface area contributed by atoms with Gasteiger partial charge in [0.05, 0.1) is 18.7 Å². The zero-order valence-electron chi connectivity index (χ0n) is 19.0. The van der Waals surface area contributed by atoms with Crippen molar-refractivity contribution in [3.05, 3.63) is 106 Å². The van der Waals surface area contributed by atoms with Crippen LogP contribution in [0.4, 0.5) is 0 Å². The molecule has 0 radical (unpaired) electrons. The Morgan fingerprint density at radius 1 is 1.06 bits per heavy atom. The number of hydrogen-bond acceptors (Lipinski definition) is 4. The molecule has 0 unspecified atom stereocenters. The molecule has 1 aliphatic rings. The second-order valence-electron chi connectivity index (χ2n) is 8.39. The van der Waals surface area contributed by atoms with Crippen LogP contribution in [0.15, 0.2) is 89.0 Å². The SMILES string of the molecule is COc1ccc2[nH]cc(CCN3C(=O)C(=O)C(=C(O)c4ccccc4)[C@@H]3c3ccc(Br)cc3)c2c1. The predicted molar refractivity (Wildman–Crippen MR) is 138 cm³/mol. The normalized spacial score (nSPS) is 17.3. The number of rotatable bonds is 6. The topological polar surface area (TPSA) is 82.6 Å². The first kappa shape index (κ1) is 22.9. The van der Waals surface area contributed by atoms with E-state index in [2.05, 4.69) is 20.9 Å². The van der Waals surface area contributed by atoms with Gasteiger partial charge in [-0.1, -0.05) is 58.4 Å². The van der Waals surface area contributed by atoms with Gasteiger partial charge in [-0.25, -0.2) is 0 Å². The third kappa shape index (κ3) is 4.23. The Kier molecular flexibility index (Phi) is 6.17. The van der Waals surface area contributed by atoms with Crippen LogP contribution in [0.1, 0.15) is 22.7 Å². The van der Waals surface area contributed by atoms with Crippen molar-refractivity contribution in [3.8, 4) is 5.75 Å². The van der Waals surface area contributed by atoms with Crippen molar-refractivity contribution in [2.45, 2.75) is 12.5 Å². The molecule has 35 heavy (non-hydrogen) atoms. The lowest BCUT2D eigenvalue weighted by atomic mass is 9.95. The lowest BCUT2D eigenvalue weighted by molar-refractivity contribution is -0.139. The zero-order chi connectivity index (χ0) is 24.5. The van der Waals surface area contributed by atoms with E-state index in [1.165, 1.54) is 0 Å². The Hall–Kier alpha value is -3.84. The number of Topliss-reactive ketones (excluding diaryl/α,β-unsaturated/α-hetero) is 1. The molecule has 1 amide bonds. The average Bonchev–Trinajstić information content (AvgIpc) is 3.41. The van der Waals surface area contributed by atoms with Gasteiger partial charge in [-0.3, -0.25) is 9.59 Å². The molecule has 0 aliphatic carbocycles. The first-order valence-corrected chi connectivity index (χ1v) is 12.0. The number of ketones is 1. The number of carbonyl (C=O) groups is 2. The number of likely N-dealkylation sites (tertiary alicyclic amines) is 1. The van der Waals surface area contributed by atoms with Crippen LogP contribution in [0.3, 0.4) is 0 Å². The first-order valence-electron chi connectivity index (χ1n) is 11.2. The van der Waals surface area contributed by atoms with Crippen LogP contribution in [0.25, 0.3) is 16.7 Å². The molecule has 1 aliphatic heterocycles. The van der Waals surface area contributed by atoms with Crippen LogP contribution in [0, 0.1) is 0 Å². The summed E-state index contributed by atoms with van der Waals surface area (Å²) in [5, 5.41) is 12.1. The molecule has 1 atom stereocenters. The fourth-order valence-electron chi connectivity index (χ4n) is 4.59. The summed E-state index contributed by atoms with van der Waals surface area (Å²) < 4.78 is 6.25. The number of aromatic nitrogens is 1. The number of aliphatic hydroxyl groups is 1. The predicted octanol–water partition coefficient (Wildman–Crippen LogP) is 5.60. The fraction of sp³-hybridized carbons (Fsp3) is 0.143. The van der Waals surface area contributed by atoms with Gasteiger partial charge in [0.15, 0.2) is 0 Å². The van der Waals surface area contributed by atoms with Crippen molar-refractivity contribution < 1.29 is 19.4 Å². The molecular weight excluding hydrogens is 508 g/mol. The minimum Gasteiger partial charge on any atom is -0.507 e. The van der Waals surface area contributed by atoms with E-state index in [0.717, 1.165) is 32.3 Å². The second kappa shape index (κ2) is 9.43. The molecule has 176 valence electrons. The lowest BCUT2D eigenvalue weighted by Gasteiger charge is -2.25. The molecule has 1 aromatic heterocycles. The minimum absolute atomic E-state index is 0.101. The molecule has 1 fully saturated rings. The number of halogens is 1. The zero-order valence-corrected chi connectivity index (χ0v) is 20.6. The average molecular weight is 531 g/mol. The molecule has 6 nitrogen and oxygen atoms in total. The highest BCUT2D eigenvalue weighted by atomic mass is 79.9. The Labute approximate surface area is 211 Å². The van der Waals surface area contributed by atoms with Crippen LogP contribution in [-0.2, 0) is 16.0 Å². The van der Waals surface area contributed by atoms with Gasteiger partial charge in [0.25, 0.3) is 11.7 Å². The first-order chi connectivity index (χ1) is 17.0. The molecule has 0 spiro atoms. The summed E-state index contributed by atoms with van der Waals surface area (Å²) in [5.41, 5.74) is 3.33. The summed E-state index contributed by atoms with van der Waals surface area (Å²) in [5.74, 6) is -0.722.